The molecule has 2 nitrogen and oxygen atoms in total. The van der Waals surface area contributed by atoms with E-state index in [4.69, 9.17) is 17.3 Å². The van der Waals surface area contributed by atoms with Crippen LogP contribution in [0.15, 0.2) is 24.3 Å². The van der Waals surface area contributed by atoms with Crippen molar-refractivity contribution in [3.63, 3.8) is 0 Å². The molecule has 0 fully saturated rings. The number of hydrogen-bond acceptors (Lipinski definition) is 2. The number of benzene rings is 1. The first kappa shape index (κ1) is 11.5. The SMILES string of the molecule is CNC(CCCN)c1ccc(Cl)cc1. The van der Waals surface area contributed by atoms with Gasteiger partial charge in [-0.15, -0.1) is 0 Å². The highest BCUT2D eigenvalue weighted by Gasteiger charge is 2.07. The highest BCUT2D eigenvalue weighted by atomic mass is 35.5. The minimum Gasteiger partial charge on any atom is -0.330 e. The van der Waals surface area contributed by atoms with E-state index in [2.05, 4.69) is 17.4 Å². The van der Waals surface area contributed by atoms with Crippen LogP contribution < -0.4 is 11.1 Å². The quantitative estimate of drug-likeness (QED) is 0.787. The van der Waals surface area contributed by atoms with E-state index in [0.717, 1.165) is 24.4 Å². The van der Waals surface area contributed by atoms with Crippen molar-refractivity contribution in [3.05, 3.63) is 34.9 Å². The topological polar surface area (TPSA) is 38.0 Å². The Morgan fingerprint density at radius 3 is 2.50 bits per heavy atom. The van der Waals surface area contributed by atoms with Gasteiger partial charge in [0, 0.05) is 11.1 Å². The molecule has 1 aromatic rings. The van der Waals surface area contributed by atoms with Gasteiger partial charge in [-0.05, 0) is 44.1 Å². The Bertz CT molecular complexity index is 258. The Labute approximate surface area is 90.4 Å². The summed E-state index contributed by atoms with van der Waals surface area (Å²) in [5.41, 5.74) is 6.75. The average molecular weight is 213 g/mol. The second-order valence-corrected chi connectivity index (χ2v) is 3.76. The molecule has 1 aromatic carbocycles. The molecule has 0 radical (unpaired) electrons. The van der Waals surface area contributed by atoms with Crippen LogP contribution in [0.1, 0.15) is 24.4 Å². The van der Waals surface area contributed by atoms with Crippen LogP contribution in [-0.4, -0.2) is 13.6 Å². The third kappa shape index (κ3) is 3.29. The molecule has 0 bridgehead atoms. The van der Waals surface area contributed by atoms with E-state index in [1.807, 2.05) is 19.2 Å². The lowest BCUT2D eigenvalue weighted by Gasteiger charge is -2.16. The number of nitrogens with two attached hydrogens (primary N) is 1. The monoisotopic (exact) mass is 212 g/mol. The van der Waals surface area contributed by atoms with Gasteiger partial charge >= 0.3 is 0 Å². The molecule has 0 spiro atoms. The molecule has 0 aliphatic heterocycles. The van der Waals surface area contributed by atoms with Gasteiger partial charge in [-0.25, -0.2) is 0 Å². The number of nitrogens with one attached hydrogen (secondary N) is 1. The molecule has 0 aromatic heterocycles. The molecule has 78 valence electrons. The summed E-state index contributed by atoms with van der Waals surface area (Å²) in [6.07, 6.45) is 2.10. The molecule has 1 atom stereocenters. The zero-order valence-corrected chi connectivity index (χ0v) is 9.22. The molecule has 0 saturated heterocycles. The van der Waals surface area contributed by atoms with Crippen molar-refractivity contribution in [2.45, 2.75) is 18.9 Å². The maximum atomic E-state index is 5.82. The summed E-state index contributed by atoms with van der Waals surface area (Å²) in [5, 5.41) is 4.05. The van der Waals surface area contributed by atoms with E-state index in [-0.39, 0.29) is 0 Å². The molecule has 0 amide bonds. The predicted octanol–water partition coefficient (Wildman–Crippen LogP) is 2.34. The summed E-state index contributed by atoms with van der Waals surface area (Å²) >= 11 is 5.82. The lowest BCUT2D eigenvalue weighted by molar-refractivity contribution is 0.531. The van der Waals surface area contributed by atoms with Gasteiger partial charge < -0.3 is 11.1 Å². The summed E-state index contributed by atoms with van der Waals surface area (Å²) < 4.78 is 0. The van der Waals surface area contributed by atoms with Crippen LogP contribution in [0.5, 0.6) is 0 Å². The summed E-state index contributed by atoms with van der Waals surface area (Å²) in [5.74, 6) is 0. The Morgan fingerprint density at radius 1 is 1.36 bits per heavy atom. The molecule has 0 heterocycles. The second kappa shape index (κ2) is 6.02. The minimum atomic E-state index is 0.385. The van der Waals surface area contributed by atoms with Crippen LogP contribution in [-0.2, 0) is 0 Å². The standard InChI is InChI=1S/C11H17ClN2/c1-14-11(3-2-8-13)9-4-6-10(12)7-5-9/h4-7,11,14H,2-3,8,13H2,1H3. The van der Waals surface area contributed by atoms with Crippen LogP contribution in [0.4, 0.5) is 0 Å². The third-order valence-electron chi connectivity index (χ3n) is 2.32. The van der Waals surface area contributed by atoms with Crippen molar-refractivity contribution in [2.75, 3.05) is 13.6 Å². The zero-order chi connectivity index (χ0) is 10.4. The largest absolute Gasteiger partial charge is 0.330 e. The minimum absolute atomic E-state index is 0.385. The molecular weight excluding hydrogens is 196 g/mol. The maximum Gasteiger partial charge on any atom is 0.0406 e. The molecule has 1 rings (SSSR count). The molecular formula is C11H17ClN2. The van der Waals surface area contributed by atoms with Crippen LogP contribution in [0.3, 0.4) is 0 Å². The smallest absolute Gasteiger partial charge is 0.0406 e. The molecule has 14 heavy (non-hydrogen) atoms. The van der Waals surface area contributed by atoms with Crippen molar-refractivity contribution in [1.29, 1.82) is 0 Å². The Kier molecular flexibility index (Phi) is 4.94. The maximum absolute atomic E-state index is 5.82. The zero-order valence-electron chi connectivity index (χ0n) is 8.46. The van der Waals surface area contributed by atoms with Crippen molar-refractivity contribution in [1.82, 2.24) is 5.32 Å². The van der Waals surface area contributed by atoms with Crippen LogP contribution >= 0.6 is 11.6 Å². The molecule has 3 N–H and O–H groups in total. The van der Waals surface area contributed by atoms with E-state index in [1.54, 1.807) is 0 Å². The van der Waals surface area contributed by atoms with E-state index in [0.29, 0.717) is 6.04 Å². The normalized spacial score (nSPS) is 12.8. The average Bonchev–Trinajstić information content (AvgIpc) is 2.21. The molecule has 1 unspecified atom stereocenters. The first-order chi connectivity index (χ1) is 6.77. The van der Waals surface area contributed by atoms with Gasteiger partial charge in [0.15, 0.2) is 0 Å². The summed E-state index contributed by atoms with van der Waals surface area (Å²) in [6, 6.07) is 8.34. The fraction of sp³-hybridized carbons (Fsp3) is 0.455. The molecule has 0 aliphatic rings. The van der Waals surface area contributed by atoms with Crippen LogP contribution in [0, 0.1) is 0 Å². The fourth-order valence-electron chi connectivity index (χ4n) is 1.49. The van der Waals surface area contributed by atoms with Gasteiger partial charge in [0.05, 0.1) is 0 Å². The van der Waals surface area contributed by atoms with Crippen molar-refractivity contribution >= 4 is 11.6 Å². The Hall–Kier alpha value is -0.570. The van der Waals surface area contributed by atoms with Crippen molar-refractivity contribution in [3.8, 4) is 0 Å². The third-order valence-corrected chi connectivity index (χ3v) is 2.57. The Balaban J connectivity index is 2.64. The predicted molar refractivity (Wildman–Crippen MR) is 61.5 cm³/mol. The van der Waals surface area contributed by atoms with E-state index in [1.165, 1.54) is 5.56 Å². The number of halogens is 1. The van der Waals surface area contributed by atoms with Gasteiger partial charge in [-0.2, -0.15) is 0 Å². The lowest BCUT2D eigenvalue weighted by atomic mass is 10.0. The van der Waals surface area contributed by atoms with Gasteiger partial charge in [0.25, 0.3) is 0 Å². The summed E-state index contributed by atoms with van der Waals surface area (Å²) in [6.45, 7) is 0.742. The number of rotatable bonds is 5. The molecule has 0 aliphatic carbocycles. The summed E-state index contributed by atoms with van der Waals surface area (Å²) in [7, 11) is 1.97. The molecule has 0 saturated carbocycles. The summed E-state index contributed by atoms with van der Waals surface area (Å²) in [4.78, 5) is 0. The number of hydrogen-bond donors (Lipinski definition) is 2. The van der Waals surface area contributed by atoms with Crippen molar-refractivity contribution in [2.24, 2.45) is 5.73 Å². The van der Waals surface area contributed by atoms with Gasteiger partial charge in [-0.3, -0.25) is 0 Å². The van der Waals surface area contributed by atoms with Crippen LogP contribution in [0.25, 0.3) is 0 Å². The lowest BCUT2D eigenvalue weighted by Crippen LogP contribution is -2.17. The highest BCUT2D eigenvalue weighted by molar-refractivity contribution is 6.30. The van der Waals surface area contributed by atoms with E-state index >= 15 is 0 Å². The van der Waals surface area contributed by atoms with Crippen molar-refractivity contribution < 1.29 is 0 Å². The van der Waals surface area contributed by atoms with E-state index in [9.17, 15) is 0 Å². The van der Waals surface area contributed by atoms with Gasteiger partial charge in [-0.1, -0.05) is 23.7 Å². The van der Waals surface area contributed by atoms with Gasteiger partial charge in [0.1, 0.15) is 0 Å². The van der Waals surface area contributed by atoms with Gasteiger partial charge in [0.2, 0.25) is 0 Å². The highest BCUT2D eigenvalue weighted by Crippen LogP contribution is 2.19. The fourth-order valence-corrected chi connectivity index (χ4v) is 1.62. The second-order valence-electron chi connectivity index (χ2n) is 3.32. The first-order valence-electron chi connectivity index (χ1n) is 4.90. The van der Waals surface area contributed by atoms with E-state index < -0.39 is 0 Å². The Morgan fingerprint density at radius 2 is 2.00 bits per heavy atom. The van der Waals surface area contributed by atoms with Crippen LogP contribution in [0.2, 0.25) is 5.02 Å². The molecule has 3 heteroatoms. The first-order valence-corrected chi connectivity index (χ1v) is 5.28.